The van der Waals surface area contributed by atoms with Crippen molar-refractivity contribution < 1.29 is 0 Å². The zero-order valence-electron chi connectivity index (χ0n) is 18.2. The van der Waals surface area contributed by atoms with Crippen LogP contribution in [0.4, 0.5) is 11.6 Å². The third-order valence-electron chi connectivity index (χ3n) is 6.04. The summed E-state index contributed by atoms with van der Waals surface area (Å²) in [6.45, 7) is 5.76. The summed E-state index contributed by atoms with van der Waals surface area (Å²) in [7, 11) is 1.66. The van der Waals surface area contributed by atoms with E-state index in [1.165, 1.54) is 9.13 Å². The number of halogens is 1. The minimum atomic E-state index is -0.409. The van der Waals surface area contributed by atoms with Crippen LogP contribution in [0, 0.1) is 12.8 Å². The number of benzene rings is 2. The molecule has 0 radical (unpaired) electrons. The Morgan fingerprint density at radius 2 is 1.88 bits per heavy atom. The molecule has 0 saturated carbocycles. The van der Waals surface area contributed by atoms with E-state index in [-0.39, 0.29) is 12.1 Å². The Hall–Kier alpha value is -3.32. The highest BCUT2D eigenvalue weighted by Gasteiger charge is 2.30. The Balaban J connectivity index is 1.74. The van der Waals surface area contributed by atoms with E-state index in [9.17, 15) is 9.59 Å². The zero-order chi connectivity index (χ0) is 22.6. The Bertz CT molecular complexity index is 1470. The fourth-order valence-corrected chi connectivity index (χ4v) is 4.65. The molecule has 2 aromatic heterocycles. The second kappa shape index (κ2) is 7.67. The average molecular weight is 450 g/mol. The van der Waals surface area contributed by atoms with Crippen LogP contribution in [-0.2, 0) is 20.1 Å². The van der Waals surface area contributed by atoms with Gasteiger partial charge in [0.05, 0.1) is 6.54 Å². The van der Waals surface area contributed by atoms with Gasteiger partial charge in [-0.1, -0.05) is 48.9 Å². The van der Waals surface area contributed by atoms with Gasteiger partial charge in [-0.3, -0.25) is 13.9 Å². The van der Waals surface area contributed by atoms with Crippen molar-refractivity contribution in [1.29, 1.82) is 0 Å². The molecule has 2 aromatic carbocycles. The second-order valence-corrected chi connectivity index (χ2v) is 8.98. The summed E-state index contributed by atoms with van der Waals surface area (Å²) >= 11 is 6.30. The van der Waals surface area contributed by atoms with Gasteiger partial charge in [-0.2, -0.15) is 4.98 Å². The van der Waals surface area contributed by atoms with Crippen LogP contribution in [-0.4, -0.2) is 25.2 Å². The molecular weight excluding hydrogens is 426 g/mol. The predicted octanol–water partition coefficient (Wildman–Crippen LogP) is 3.69. The number of imidazole rings is 1. The number of hydrogen-bond acceptors (Lipinski definition) is 4. The number of rotatable bonds is 3. The molecule has 32 heavy (non-hydrogen) atoms. The Morgan fingerprint density at radius 1 is 1.09 bits per heavy atom. The molecule has 0 N–H and O–H groups in total. The summed E-state index contributed by atoms with van der Waals surface area (Å²) in [6.07, 6.45) is 0. The molecule has 0 amide bonds. The van der Waals surface area contributed by atoms with Gasteiger partial charge in [0.2, 0.25) is 5.95 Å². The van der Waals surface area contributed by atoms with Crippen molar-refractivity contribution in [3.63, 3.8) is 0 Å². The van der Waals surface area contributed by atoms with Crippen molar-refractivity contribution in [2.24, 2.45) is 13.0 Å². The predicted molar refractivity (Wildman–Crippen MR) is 127 cm³/mol. The van der Waals surface area contributed by atoms with Gasteiger partial charge < -0.3 is 9.47 Å². The van der Waals surface area contributed by atoms with Gasteiger partial charge >= 0.3 is 5.69 Å². The standard InChI is InChI=1S/C24H24ClN5O2/c1-15-7-6-9-18(11-15)28-12-16(2)13-29-20-21(26-23(28)29)27(3)24(32)30(22(20)31)14-17-8-4-5-10-19(17)25/h4-11,16H,12-14H2,1-3H3. The molecule has 3 heterocycles. The van der Waals surface area contributed by atoms with Gasteiger partial charge in [-0.05, 0) is 42.2 Å². The van der Waals surface area contributed by atoms with Crippen LogP contribution in [0.1, 0.15) is 18.1 Å². The highest BCUT2D eigenvalue weighted by Crippen LogP contribution is 2.33. The topological polar surface area (TPSA) is 65.1 Å². The van der Waals surface area contributed by atoms with Crippen LogP contribution in [0.5, 0.6) is 0 Å². The van der Waals surface area contributed by atoms with E-state index in [2.05, 4.69) is 30.9 Å². The first-order valence-electron chi connectivity index (χ1n) is 10.6. The lowest BCUT2D eigenvalue weighted by Crippen LogP contribution is -2.40. The van der Waals surface area contributed by atoms with Crippen molar-refractivity contribution >= 4 is 34.4 Å². The van der Waals surface area contributed by atoms with E-state index in [1.807, 2.05) is 34.9 Å². The minimum absolute atomic E-state index is 0.110. The lowest BCUT2D eigenvalue weighted by molar-refractivity contribution is 0.458. The van der Waals surface area contributed by atoms with Crippen molar-refractivity contribution in [2.45, 2.75) is 26.9 Å². The normalized spacial score (nSPS) is 15.9. The van der Waals surface area contributed by atoms with Crippen molar-refractivity contribution in [3.05, 3.63) is 85.5 Å². The van der Waals surface area contributed by atoms with Crippen molar-refractivity contribution in [1.82, 2.24) is 18.7 Å². The highest BCUT2D eigenvalue weighted by molar-refractivity contribution is 6.31. The first kappa shape index (κ1) is 20.6. The lowest BCUT2D eigenvalue weighted by Gasteiger charge is -2.33. The third-order valence-corrected chi connectivity index (χ3v) is 6.41. The maximum Gasteiger partial charge on any atom is 0.332 e. The monoisotopic (exact) mass is 449 g/mol. The molecule has 0 saturated heterocycles. The number of aromatic nitrogens is 4. The molecular formula is C24H24ClN5O2. The van der Waals surface area contributed by atoms with Crippen LogP contribution in [0.2, 0.25) is 5.02 Å². The van der Waals surface area contributed by atoms with E-state index in [0.717, 1.165) is 23.4 Å². The molecule has 0 fully saturated rings. The van der Waals surface area contributed by atoms with Gasteiger partial charge in [0.1, 0.15) is 0 Å². The molecule has 1 aliphatic heterocycles. The minimum Gasteiger partial charge on any atom is -0.312 e. The number of fused-ring (bicyclic) bond motifs is 3. The maximum absolute atomic E-state index is 13.6. The maximum atomic E-state index is 13.6. The van der Waals surface area contributed by atoms with Gasteiger partial charge in [-0.25, -0.2) is 4.79 Å². The van der Waals surface area contributed by atoms with Crippen LogP contribution in [0.3, 0.4) is 0 Å². The summed E-state index contributed by atoms with van der Waals surface area (Å²) in [5.41, 5.74) is 2.98. The Kier molecular flexibility index (Phi) is 4.93. The van der Waals surface area contributed by atoms with Crippen LogP contribution in [0.25, 0.3) is 11.2 Å². The van der Waals surface area contributed by atoms with E-state index < -0.39 is 5.69 Å². The van der Waals surface area contributed by atoms with Crippen LogP contribution < -0.4 is 16.1 Å². The third kappa shape index (κ3) is 3.24. The van der Waals surface area contributed by atoms with E-state index in [1.54, 1.807) is 13.1 Å². The molecule has 164 valence electrons. The van der Waals surface area contributed by atoms with Gasteiger partial charge in [0.25, 0.3) is 5.56 Å². The highest BCUT2D eigenvalue weighted by atomic mass is 35.5. The number of anilines is 2. The van der Waals surface area contributed by atoms with Crippen LogP contribution in [0.15, 0.2) is 58.1 Å². The van der Waals surface area contributed by atoms with Crippen molar-refractivity contribution in [2.75, 3.05) is 11.4 Å². The van der Waals surface area contributed by atoms with E-state index >= 15 is 0 Å². The molecule has 0 spiro atoms. The fourth-order valence-electron chi connectivity index (χ4n) is 4.45. The summed E-state index contributed by atoms with van der Waals surface area (Å²) in [5, 5.41) is 0.524. The Labute approximate surface area is 190 Å². The van der Waals surface area contributed by atoms with Crippen LogP contribution >= 0.6 is 11.6 Å². The molecule has 4 aromatic rings. The van der Waals surface area contributed by atoms with E-state index in [0.29, 0.717) is 34.6 Å². The molecule has 0 bridgehead atoms. The second-order valence-electron chi connectivity index (χ2n) is 8.57. The van der Waals surface area contributed by atoms with E-state index in [4.69, 9.17) is 16.6 Å². The summed E-state index contributed by atoms with van der Waals surface area (Å²) in [4.78, 5) is 33.6. The summed E-state index contributed by atoms with van der Waals surface area (Å²) < 4.78 is 4.66. The van der Waals surface area contributed by atoms with Gasteiger partial charge in [0, 0.05) is 30.8 Å². The molecule has 5 rings (SSSR count). The number of nitrogens with zero attached hydrogens (tertiary/aromatic N) is 5. The molecule has 7 nitrogen and oxygen atoms in total. The van der Waals surface area contributed by atoms with Gasteiger partial charge in [0.15, 0.2) is 11.2 Å². The SMILES string of the molecule is Cc1cccc(N2CC(C)Cn3c2nc2c3c(=O)n(Cc3ccccc3Cl)c(=O)n2C)c1. The lowest BCUT2D eigenvalue weighted by atomic mass is 10.1. The summed E-state index contributed by atoms with van der Waals surface area (Å²) in [5.74, 6) is 0.986. The first-order valence-corrected chi connectivity index (χ1v) is 11.0. The Morgan fingerprint density at radius 3 is 2.62 bits per heavy atom. The molecule has 1 atom stereocenters. The average Bonchev–Trinajstić information content (AvgIpc) is 3.15. The molecule has 1 unspecified atom stereocenters. The van der Waals surface area contributed by atoms with Crippen molar-refractivity contribution in [3.8, 4) is 0 Å². The summed E-state index contributed by atoms with van der Waals surface area (Å²) in [6, 6.07) is 15.5. The fraction of sp³-hybridized carbons (Fsp3) is 0.292. The number of hydrogen-bond donors (Lipinski definition) is 0. The largest absolute Gasteiger partial charge is 0.332 e. The molecule has 8 heteroatoms. The quantitative estimate of drug-likeness (QED) is 0.478. The van der Waals surface area contributed by atoms with Gasteiger partial charge in [-0.15, -0.1) is 0 Å². The molecule has 1 aliphatic rings. The molecule has 0 aliphatic carbocycles. The smallest absolute Gasteiger partial charge is 0.312 e. The zero-order valence-corrected chi connectivity index (χ0v) is 19.0. The number of aryl methyl sites for hydroxylation is 2. The first-order chi connectivity index (χ1) is 15.3.